The highest BCUT2D eigenvalue weighted by Crippen LogP contribution is 2.21. The van der Waals surface area contributed by atoms with Gasteiger partial charge in [-0.25, -0.2) is 5.10 Å². The van der Waals surface area contributed by atoms with E-state index in [4.69, 9.17) is 0 Å². The van der Waals surface area contributed by atoms with Crippen LogP contribution in [0.5, 0.6) is 0 Å². The van der Waals surface area contributed by atoms with Crippen molar-refractivity contribution in [3.63, 3.8) is 0 Å². The second-order valence-electron chi connectivity index (χ2n) is 5.33. The molecule has 0 bridgehead atoms. The minimum Gasteiger partial charge on any atom is -0.293 e. The second-order valence-corrected chi connectivity index (χ2v) is 6.32. The third kappa shape index (κ3) is 3.37. The van der Waals surface area contributed by atoms with Gasteiger partial charge in [-0.2, -0.15) is 10.1 Å². The van der Waals surface area contributed by atoms with Crippen LogP contribution in [0.25, 0.3) is 5.95 Å². The molecule has 1 N–H and O–H groups in total. The Kier molecular flexibility index (Phi) is 4.62. The lowest BCUT2D eigenvalue weighted by atomic mass is 10.2. The summed E-state index contributed by atoms with van der Waals surface area (Å²) in [6.07, 6.45) is 1.46. The van der Waals surface area contributed by atoms with Gasteiger partial charge in [0.05, 0.1) is 5.75 Å². The van der Waals surface area contributed by atoms with Gasteiger partial charge in [0.25, 0.3) is 0 Å². The van der Waals surface area contributed by atoms with E-state index in [1.54, 1.807) is 11.8 Å². The standard InChI is InChI=1S/C17H18N4OS/c1-12-8-15(13(2)21(12)17-18-11-19-20-17)16(22)10-23-9-14-6-4-3-5-7-14/h3-8,11H,9-10H2,1-2H3,(H,18,19,20). The lowest BCUT2D eigenvalue weighted by Crippen LogP contribution is -2.06. The molecule has 0 unspecified atom stereocenters. The van der Waals surface area contributed by atoms with Crippen LogP contribution < -0.4 is 0 Å². The molecule has 3 aromatic rings. The van der Waals surface area contributed by atoms with Crippen molar-refractivity contribution in [1.82, 2.24) is 19.7 Å². The van der Waals surface area contributed by atoms with Crippen molar-refractivity contribution in [2.45, 2.75) is 19.6 Å². The summed E-state index contributed by atoms with van der Waals surface area (Å²) in [7, 11) is 0. The third-order valence-electron chi connectivity index (χ3n) is 3.69. The molecule has 5 nitrogen and oxygen atoms in total. The van der Waals surface area contributed by atoms with E-state index in [2.05, 4.69) is 27.3 Å². The van der Waals surface area contributed by atoms with Crippen LogP contribution in [-0.4, -0.2) is 31.3 Å². The number of nitrogens with one attached hydrogen (secondary N) is 1. The van der Waals surface area contributed by atoms with E-state index < -0.39 is 0 Å². The maximum Gasteiger partial charge on any atom is 0.229 e. The van der Waals surface area contributed by atoms with E-state index in [1.807, 2.05) is 42.7 Å². The van der Waals surface area contributed by atoms with Gasteiger partial charge in [0.15, 0.2) is 5.78 Å². The first kappa shape index (κ1) is 15.6. The van der Waals surface area contributed by atoms with Gasteiger partial charge >= 0.3 is 0 Å². The van der Waals surface area contributed by atoms with Crippen molar-refractivity contribution in [1.29, 1.82) is 0 Å². The van der Waals surface area contributed by atoms with Gasteiger partial charge in [-0.3, -0.25) is 9.36 Å². The zero-order chi connectivity index (χ0) is 16.2. The number of hydrogen-bond acceptors (Lipinski definition) is 4. The minimum absolute atomic E-state index is 0.143. The van der Waals surface area contributed by atoms with Crippen molar-refractivity contribution in [2.24, 2.45) is 0 Å². The molecule has 0 spiro atoms. The van der Waals surface area contributed by atoms with Gasteiger partial charge in [0, 0.05) is 22.7 Å². The molecule has 2 aromatic heterocycles. The van der Waals surface area contributed by atoms with Gasteiger partial charge in [-0.05, 0) is 25.5 Å². The largest absolute Gasteiger partial charge is 0.293 e. The van der Waals surface area contributed by atoms with Crippen molar-refractivity contribution < 1.29 is 4.79 Å². The quantitative estimate of drug-likeness (QED) is 0.706. The Labute approximate surface area is 139 Å². The van der Waals surface area contributed by atoms with Crippen LogP contribution in [0.1, 0.15) is 27.3 Å². The highest BCUT2D eigenvalue weighted by molar-refractivity contribution is 7.99. The molecule has 23 heavy (non-hydrogen) atoms. The van der Waals surface area contributed by atoms with Gasteiger partial charge in [-0.15, -0.1) is 11.8 Å². The van der Waals surface area contributed by atoms with Crippen LogP contribution in [0.4, 0.5) is 0 Å². The Morgan fingerprint density at radius 1 is 1.26 bits per heavy atom. The van der Waals surface area contributed by atoms with Crippen molar-refractivity contribution >= 4 is 17.5 Å². The normalized spacial score (nSPS) is 10.9. The molecule has 0 atom stereocenters. The van der Waals surface area contributed by atoms with E-state index in [0.29, 0.717) is 11.7 Å². The number of carbonyl (C=O) groups is 1. The Hall–Kier alpha value is -2.34. The van der Waals surface area contributed by atoms with Crippen LogP contribution in [0.3, 0.4) is 0 Å². The molecular formula is C17H18N4OS. The number of hydrogen-bond donors (Lipinski definition) is 1. The molecule has 2 heterocycles. The summed E-state index contributed by atoms with van der Waals surface area (Å²) in [5.41, 5.74) is 3.84. The lowest BCUT2D eigenvalue weighted by molar-refractivity contribution is 0.102. The van der Waals surface area contributed by atoms with Gasteiger partial charge in [0.1, 0.15) is 6.33 Å². The predicted molar refractivity (Wildman–Crippen MR) is 92.1 cm³/mol. The topological polar surface area (TPSA) is 63.6 Å². The molecule has 0 aliphatic rings. The van der Waals surface area contributed by atoms with Crippen molar-refractivity contribution in [3.8, 4) is 5.95 Å². The number of carbonyl (C=O) groups excluding carboxylic acids is 1. The molecule has 0 aliphatic carbocycles. The number of nitrogens with zero attached hydrogens (tertiary/aromatic N) is 3. The molecule has 3 rings (SSSR count). The van der Waals surface area contributed by atoms with Crippen LogP contribution in [0, 0.1) is 13.8 Å². The number of aryl methyl sites for hydroxylation is 1. The van der Waals surface area contributed by atoms with Gasteiger partial charge in [0.2, 0.25) is 5.95 Å². The van der Waals surface area contributed by atoms with E-state index >= 15 is 0 Å². The van der Waals surface area contributed by atoms with Crippen LogP contribution in [-0.2, 0) is 5.75 Å². The molecule has 0 amide bonds. The fourth-order valence-corrected chi connectivity index (χ4v) is 3.46. The zero-order valence-corrected chi connectivity index (χ0v) is 13.9. The average molecular weight is 326 g/mol. The summed E-state index contributed by atoms with van der Waals surface area (Å²) in [4.78, 5) is 16.7. The first-order chi connectivity index (χ1) is 11.2. The molecule has 0 fully saturated rings. The van der Waals surface area contributed by atoms with Gasteiger partial charge < -0.3 is 0 Å². The lowest BCUT2D eigenvalue weighted by Gasteiger charge is -2.05. The molecule has 118 valence electrons. The van der Waals surface area contributed by atoms with E-state index in [-0.39, 0.29) is 5.78 Å². The summed E-state index contributed by atoms with van der Waals surface area (Å²) in [5, 5.41) is 6.71. The number of thioether (sulfide) groups is 1. The molecule has 6 heteroatoms. The van der Waals surface area contributed by atoms with E-state index in [0.717, 1.165) is 22.7 Å². The predicted octanol–water partition coefficient (Wildman–Crippen LogP) is 3.33. The molecule has 0 saturated carbocycles. The van der Waals surface area contributed by atoms with Gasteiger partial charge in [-0.1, -0.05) is 30.3 Å². The molecular weight excluding hydrogens is 308 g/mol. The zero-order valence-electron chi connectivity index (χ0n) is 13.1. The minimum atomic E-state index is 0.143. The molecule has 1 aromatic carbocycles. The Morgan fingerprint density at radius 2 is 2.04 bits per heavy atom. The summed E-state index contributed by atoms with van der Waals surface area (Å²) in [5.74, 6) is 2.09. The van der Waals surface area contributed by atoms with Crippen LogP contribution in [0.15, 0.2) is 42.7 Å². The Morgan fingerprint density at radius 3 is 2.74 bits per heavy atom. The first-order valence-corrected chi connectivity index (χ1v) is 8.52. The summed E-state index contributed by atoms with van der Waals surface area (Å²) in [6.45, 7) is 3.90. The summed E-state index contributed by atoms with van der Waals surface area (Å²) in [6, 6.07) is 12.1. The van der Waals surface area contributed by atoms with E-state index in [1.165, 1.54) is 11.9 Å². The Balaban J connectivity index is 1.70. The monoisotopic (exact) mass is 326 g/mol. The highest BCUT2D eigenvalue weighted by Gasteiger charge is 2.17. The number of rotatable bonds is 6. The SMILES string of the molecule is Cc1cc(C(=O)CSCc2ccccc2)c(C)n1-c1ncn[nH]1. The number of H-pyrrole nitrogens is 1. The Bertz CT molecular complexity index is 794. The third-order valence-corrected chi connectivity index (χ3v) is 4.69. The van der Waals surface area contributed by atoms with E-state index in [9.17, 15) is 4.79 Å². The second kappa shape index (κ2) is 6.83. The van der Waals surface area contributed by atoms with Crippen molar-refractivity contribution in [3.05, 3.63) is 65.2 Å². The first-order valence-electron chi connectivity index (χ1n) is 7.36. The van der Waals surface area contributed by atoms with Crippen LogP contribution in [0.2, 0.25) is 0 Å². The number of aromatic amines is 1. The number of aromatic nitrogens is 4. The number of benzene rings is 1. The average Bonchev–Trinajstić information content (AvgIpc) is 3.16. The summed E-state index contributed by atoms with van der Waals surface area (Å²) < 4.78 is 1.92. The highest BCUT2D eigenvalue weighted by atomic mass is 32.2. The maximum absolute atomic E-state index is 12.5. The van der Waals surface area contributed by atoms with Crippen molar-refractivity contribution in [2.75, 3.05) is 5.75 Å². The number of ketones is 1. The smallest absolute Gasteiger partial charge is 0.229 e. The van der Waals surface area contributed by atoms with Crippen LogP contribution >= 0.6 is 11.8 Å². The molecule has 0 saturated heterocycles. The maximum atomic E-state index is 12.5. The molecule has 0 aliphatic heterocycles. The number of Topliss-reactive ketones (excluding diaryl/α,β-unsaturated/α-hetero) is 1. The summed E-state index contributed by atoms with van der Waals surface area (Å²) >= 11 is 1.64. The fourth-order valence-electron chi connectivity index (χ4n) is 2.59. The fraction of sp³-hybridized carbons (Fsp3) is 0.235. The molecule has 0 radical (unpaired) electrons.